The van der Waals surface area contributed by atoms with Crippen LogP contribution in [0, 0.1) is 0 Å². The zero-order valence-electron chi connectivity index (χ0n) is 5.88. The first-order valence-corrected chi connectivity index (χ1v) is 3.18. The highest BCUT2D eigenvalue weighted by Crippen LogP contribution is 1.97. The van der Waals surface area contributed by atoms with Crippen LogP contribution in [-0.4, -0.2) is 30.9 Å². The van der Waals surface area contributed by atoms with Crippen molar-refractivity contribution in [1.82, 2.24) is 19.8 Å². The van der Waals surface area contributed by atoms with E-state index in [4.69, 9.17) is 5.11 Å². The largest absolute Gasteiger partial charge is 0.476 e. The van der Waals surface area contributed by atoms with Crippen LogP contribution in [0.25, 0.3) is 5.65 Å². The van der Waals surface area contributed by atoms with Crippen LogP contribution in [0.3, 0.4) is 0 Å². The van der Waals surface area contributed by atoms with Gasteiger partial charge in [0.2, 0.25) is 0 Å². The monoisotopic (exact) mass is 164 g/mol. The summed E-state index contributed by atoms with van der Waals surface area (Å²) in [5, 5.41) is 15.9. The maximum absolute atomic E-state index is 10.4. The molecular formula is C6H4N4O2. The first-order valence-electron chi connectivity index (χ1n) is 3.18. The molecule has 0 radical (unpaired) electrons. The van der Waals surface area contributed by atoms with Crippen molar-refractivity contribution in [1.29, 1.82) is 0 Å². The van der Waals surface area contributed by atoms with E-state index < -0.39 is 5.97 Å². The van der Waals surface area contributed by atoms with Gasteiger partial charge in [-0.3, -0.25) is 0 Å². The SMILES string of the molecule is O=C(O)c1ccc2ncnn2n1. The molecule has 0 bridgehead atoms. The summed E-state index contributed by atoms with van der Waals surface area (Å²) in [5.74, 6) is -1.08. The summed E-state index contributed by atoms with van der Waals surface area (Å²) >= 11 is 0. The number of hydrogen-bond donors (Lipinski definition) is 1. The highest BCUT2D eigenvalue weighted by Gasteiger charge is 2.05. The van der Waals surface area contributed by atoms with Crippen molar-refractivity contribution in [3.63, 3.8) is 0 Å². The van der Waals surface area contributed by atoms with E-state index >= 15 is 0 Å². The van der Waals surface area contributed by atoms with E-state index in [2.05, 4.69) is 15.2 Å². The summed E-state index contributed by atoms with van der Waals surface area (Å²) in [6, 6.07) is 2.93. The van der Waals surface area contributed by atoms with Gasteiger partial charge in [-0.15, -0.1) is 14.8 Å². The molecule has 0 amide bonds. The molecule has 12 heavy (non-hydrogen) atoms. The molecule has 6 heteroatoms. The van der Waals surface area contributed by atoms with Gasteiger partial charge in [-0.1, -0.05) is 0 Å². The summed E-state index contributed by atoms with van der Waals surface area (Å²) in [7, 11) is 0. The molecular weight excluding hydrogens is 160 g/mol. The maximum Gasteiger partial charge on any atom is 0.356 e. The number of carboxylic acids is 1. The highest BCUT2D eigenvalue weighted by atomic mass is 16.4. The summed E-state index contributed by atoms with van der Waals surface area (Å²) < 4.78 is 1.17. The Morgan fingerprint density at radius 3 is 3.08 bits per heavy atom. The van der Waals surface area contributed by atoms with Crippen LogP contribution < -0.4 is 0 Å². The number of carbonyl (C=O) groups is 1. The normalized spacial score (nSPS) is 10.3. The molecule has 2 heterocycles. The molecule has 0 spiro atoms. The maximum atomic E-state index is 10.4. The average molecular weight is 164 g/mol. The van der Waals surface area contributed by atoms with E-state index in [0.717, 1.165) is 0 Å². The van der Waals surface area contributed by atoms with Crippen LogP contribution in [0.4, 0.5) is 0 Å². The lowest BCUT2D eigenvalue weighted by atomic mass is 10.4. The number of aromatic carboxylic acids is 1. The van der Waals surface area contributed by atoms with Crippen molar-refractivity contribution in [2.45, 2.75) is 0 Å². The van der Waals surface area contributed by atoms with E-state index in [1.54, 1.807) is 6.07 Å². The van der Waals surface area contributed by atoms with Crippen LogP contribution >= 0.6 is 0 Å². The number of hydrogen-bond acceptors (Lipinski definition) is 4. The molecule has 6 nitrogen and oxygen atoms in total. The molecule has 0 fully saturated rings. The molecule has 2 rings (SSSR count). The van der Waals surface area contributed by atoms with Gasteiger partial charge >= 0.3 is 5.97 Å². The van der Waals surface area contributed by atoms with Gasteiger partial charge in [0.05, 0.1) is 0 Å². The number of carboxylic acid groups (broad SMARTS) is 1. The van der Waals surface area contributed by atoms with Gasteiger partial charge < -0.3 is 5.11 Å². The van der Waals surface area contributed by atoms with Crippen LogP contribution in [-0.2, 0) is 0 Å². The average Bonchev–Trinajstić information content (AvgIpc) is 2.49. The van der Waals surface area contributed by atoms with Crippen LogP contribution in [0.15, 0.2) is 18.5 Å². The van der Waals surface area contributed by atoms with Crippen LogP contribution in [0.1, 0.15) is 10.5 Å². The fourth-order valence-corrected chi connectivity index (χ4v) is 0.834. The minimum absolute atomic E-state index is 0.0481. The lowest BCUT2D eigenvalue weighted by Crippen LogP contribution is -2.04. The van der Waals surface area contributed by atoms with Crippen molar-refractivity contribution in [3.8, 4) is 0 Å². The van der Waals surface area contributed by atoms with E-state index in [1.165, 1.54) is 17.0 Å². The van der Waals surface area contributed by atoms with Crippen LogP contribution in [0.2, 0.25) is 0 Å². The third-order valence-electron chi connectivity index (χ3n) is 1.37. The van der Waals surface area contributed by atoms with Gasteiger partial charge in [0.15, 0.2) is 11.3 Å². The molecule has 0 aliphatic rings. The second-order valence-electron chi connectivity index (χ2n) is 2.13. The number of nitrogens with zero attached hydrogens (tertiary/aromatic N) is 4. The number of rotatable bonds is 1. The minimum atomic E-state index is -1.08. The Bertz CT molecular complexity index is 436. The topological polar surface area (TPSA) is 80.4 Å². The minimum Gasteiger partial charge on any atom is -0.476 e. The molecule has 0 saturated carbocycles. The predicted molar refractivity (Wildman–Crippen MR) is 37.7 cm³/mol. The fraction of sp³-hybridized carbons (Fsp3) is 0. The molecule has 2 aromatic heterocycles. The third-order valence-corrected chi connectivity index (χ3v) is 1.37. The Morgan fingerprint density at radius 1 is 1.50 bits per heavy atom. The Labute approximate surface area is 66.5 Å². The predicted octanol–water partition coefficient (Wildman–Crippen LogP) is -0.177. The van der Waals surface area contributed by atoms with Crippen molar-refractivity contribution >= 4 is 11.6 Å². The zero-order chi connectivity index (χ0) is 8.55. The summed E-state index contributed by atoms with van der Waals surface area (Å²) in [5.41, 5.74) is 0.480. The molecule has 0 aliphatic heterocycles. The molecule has 0 aliphatic carbocycles. The smallest absolute Gasteiger partial charge is 0.356 e. The molecule has 0 atom stereocenters. The van der Waals surface area contributed by atoms with E-state index in [-0.39, 0.29) is 5.69 Å². The Balaban J connectivity index is 2.68. The third kappa shape index (κ3) is 0.895. The van der Waals surface area contributed by atoms with E-state index in [0.29, 0.717) is 5.65 Å². The second kappa shape index (κ2) is 2.26. The van der Waals surface area contributed by atoms with Crippen molar-refractivity contribution in [3.05, 3.63) is 24.2 Å². The lowest BCUT2D eigenvalue weighted by molar-refractivity contribution is 0.0688. The first kappa shape index (κ1) is 6.71. The molecule has 2 aromatic rings. The van der Waals surface area contributed by atoms with Gasteiger partial charge in [0.1, 0.15) is 6.33 Å². The van der Waals surface area contributed by atoms with Gasteiger partial charge in [0.25, 0.3) is 0 Å². The van der Waals surface area contributed by atoms with Gasteiger partial charge in [-0.05, 0) is 12.1 Å². The van der Waals surface area contributed by atoms with Crippen molar-refractivity contribution in [2.75, 3.05) is 0 Å². The Kier molecular flexibility index (Phi) is 1.26. The quantitative estimate of drug-likeness (QED) is 0.632. The summed E-state index contributed by atoms with van der Waals surface area (Å²) in [6.07, 6.45) is 1.31. The molecule has 60 valence electrons. The second-order valence-corrected chi connectivity index (χ2v) is 2.13. The molecule has 0 aromatic carbocycles. The number of aromatic nitrogens is 4. The van der Waals surface area contributed by atoms with E-state index in [9.17, 15) is 4.79 Å². The Morgan fingerprint density at radius 2 is 2.33 bits per heavy atom. The molecule has 1 N–H and O–H groups in total. The fourth-order valence-electron chi connectivity index (χ4n) is 0.834. The zero-order valence-corrected chi connectivity index (χ0v) is 5.88. The van der Waals surface area contributed by atoms with Crippen molar-refractivity contribution in [2.24, 2.45) is 0 Å². The van der Waals surface area contributed by atoms with Crippen LogP contribution in [0.5, 0.6) is 0 Å². The standard InChI is InChI=1S/C6H4N4O2/c11-6(12)4-1-2-5-7-3-8-10(5)9-4/h1-3H,(H,11,12). The van der Waals surface area contributed by atoms with E-state index in [1.807, 2.05) is 0 Å². The van der Waals surface area contributed by atoms with Crippen molar-refractivity contribution < 1.29 is 9.90 Å². The van der Waals surface area contributed by atoms with Gasteiger partial charge in [-0.25, -0.2) is 9.78 Å². The summed E-state index contributed by atoms with van der Waals surface area (Å²) in [4.78, 5) is 14.3. The van der Waals surface area contributed by atoms with Gasteiger partial charge in [-0.2, -0.15) is 0 Å². The molecule has 0 saturated heterocycles. The van der Waals surface area contributed by atoms with Gasteiger partial charge in [0, 0.05) is 0 Å². The first-order chi connectivity index (χ1) is 5.77. The number of fused-ring (bicyclic) bond motifs is 1. The lowest BCUT2D eigenvalue weighted by Gasteiger charge is -1.92. The summed E-state index contributed by atoms with van der Waals surface area (Å²) in [6.45, 7) is 0. The Hall–Kier alpha value is -1.98. The molecule has 0 unspecified atom stereocenters. The highest BCUT2D eigenvalue weighted by molar-refractivity contribution is 5.85.